The third-order valence-corrected chi connectivity index (χ3v) is 8.86. The number of fused-ring (bicyclic) bond motifs is 6. The van der Waals surface area contributed by atoms with Crippen molar-refractivity contribution in [2.45, 2.75) is 26.3 Å². The van der Waals surface area contributed by atoms with E-state index in [0.29, 0.717) is 0 Å². The van der Waals surface area contributed by atoms with Crippen LogP contribution in [-0.2, 0) is 14.3 Å². The molecule has 2 saturated carbocycles. The van der Waals surface area contributed by atoms with Crippen molar-refractivity contribution in [3.05, 3.63) is 10.1 Å². The fourth-order valence-electron chi connectivity index (χ4n) is 3.60. The van der Waals surface area contributed by atoms with Crippen LogP contribution < -0.4 is 0 Å². The summed E-state index contributed by atoms with van der Waals surface area (Å²) in [5, 5.41) is -0.162. The van der Waals surface area contributed by atoms with Crippen LogP contribution in [0.3, 0.4) is 0 Å². The topological polar surface area (TPSA) is 46.7 Å². The molecular formula is C11H4Cl6O3. The van der Waals surface area contributed by atoms with Gasteiger partial charge in [0, 0.05) is 0 Å². The first-order valence-electron chi connectivity index (χ1n) is 5.66. The molecular weight excluding hydrogens is 393 g/mol. The molecule has 2 bridgehead atoms. The number of Topliss-reactive ketones (excluding diaryl/α,β-unsaturated/α-hetero) is 2. The zero-order valence-electron chi connectivity index (χ0n) is 9.30. The second-order valence-corrected chi connectivity index (χ2v) is 8.64. The molecule has 1 heterocycles. The molecule has 3 aliphatic carbocycles. The molecule has 6 atom stereocenters. The quantitative estimate of drug-likeness (QED) is 0.467. The van der Waals surface area contributed by atoms with Gasteiger partial charge in [-0.3, -0.25) is 9.59 Å². The Bertz CT molecular complexity index is 580. The highest BCUT2D eigenvalue weighted by atomic mass is 35.5. The van der Waals surface area contributed by atoms with E-state index in [-0.39, 0.29) is 21.6 Å². The summed E-state index contributed by atoms with van der Waals surface area (Å²) in [4.78, 5) is 21.4. The number of carbonyl (C=O) groups is 2. The maximum atomic E-state index is 12.4. The normalized spacial score (nSPS) is 55.1. The molecule has 3 nitrogen and oxygen atoms in total. The molecule has 0 spiro atoms. The van der Waals surface area contributed by atoms with Gasteiger partial charge in [0.1, 0.15) is 9.75 Å². The predicted octanol–water partition coefficient (Wildman–Crippen LogP) is 2.98. The largest absolute Gasteiger partial charge is 0.353 e. The van der Waals surface area contributed by atoms with Crippen molar-refractivity contribution in [3.63, 3.8) is 0 Å². The molecule has 0 unspecified atom stereocenters. The Morgan fingerprint density at radius 2 is 1.15 bits per heavy atom. The number of hydrogen-bond acceptors (Lipinski definition) is 3. The van der Waals surface area contributed by atoms with Gasteiger partial charge in [0.2, 0.25) is 0 Å². The van der Waals surface area contributed by atoms with Crippen LogP contribution in [0.25, 0.3) is 0 Å². The summed E-state index contributed by atoms with van der Waals surface area (Å²) in [6, 6.07) is 0. The average Bonchev–Trinajstić information content (AvgIpc) is 3.14. The number of carbonyl (C=O) groups excluding carboxylic acids is 2. The van der Waals surface area contributed by atoms with Gasteiger partial charge in [-0.05, 0) is 0 Å². The number of halogens is 6. The van der Waals surface area contributed by atoms with Crippen LogP contribution in [0.5, 0.6) is 0 Å². The number of ether oxygens (including phenoxy) is 1. The van der Waals surface area contributed by atoms with Gasteiger partial charge in [-0.25, -0.2) is 0 Å². The van der Waals surface area contributed by atoms with E-state index in [4.69, 9.17) is 74.3 Å². The lowest BCUT2D eigenvalue weighted by atomic mass is 9.71. The van der Waals surface area contributed by atoms with E-state index in [9.17, 15) is 9.59 Å². The molecule has 0 aromatic heterocycles. The summed E-state index contributed by atoms with van der Waals surface area (Å²) in [5.41, 5.74) is 0. The van der Waals surface area contributed by atoms with Crippen LogP contribution in [0.1, 0.15) is 0 Å². The van der Waals surface area contributed by atoms with E-state index in [2.05, 4.69) is 0 Å². The first kappa shape index (κ1) is 14.4. The SMILES string of the molecule is O=C1[C@H]2O[C@H]2C(=O)[C@@H]2[C@@H]1[C@@]1(Cl)C(Cl)=C(Cl)[C@@]2(Cl)C1(Cl)Cl. The number of hydrogen-bond donors (Lipinski definition) is 0. The zero-order valence-corrected chi connectivity index (χ0v) is 13.8. The maximum Gasteiger partial charge on any atom is 0.170 e. The summed E-state index contributed by atoms with van der Waals surface area (Å²) in [5.74, 6) is -2.79. The van der Waals surface area contributed by atoms with Crippen LogP contribution in [0.4, 0.5) is 0 Å². The van der Waals surface area contributed by atoms with Gasteiger partial charge in [-0.2, -0.15) is 0 Å². The molecule has 1 saturated heterocycles. The van der Waals surface area contributed by atoms with Crippen molar-refractivity contribution in [1.82, 2.24) is 0 Å². The zero-order chi connectivity index (χ0) is 14.8. The molecule has 0 aromatic carbocycles. The van der Waals surface area contributed by atoms with Gasteiger partial charge < -0.3 is 4.74 Å². The number of epoxide rings is 1. The minimum Gasteiger partial charge on any atom is -0.353 e. The van der Waals surface area contributed by atoms with Crippen LogP contribution in [-0.4, -0.2) is 37.9 Å². The monoisotopic (exact) mass is 394 g/mol. The first-order chi connectivity index (χ1) is 9.11. The van der Waals surface area contributed by atoms with Crippen LogP contribution in [0.2, 0.25) is 0 Å². The standard InChI is InChI=1S/C11H4Cl6O3/c12-7-8(13)10(15)2-1(9(7,14)11(10,16)17)3(18)5-6(20-5)4(2)19/h1-2,5-6H/t1-,2-,5-,6+,9+,10+/m0/s1. The van der Waals surface area contributed by atoms with E-state index < -0.39 is 38.1 Å². The third-order valence-electron chi connectivity index (χ3n) is 4.60. The highest BCUT2D eigenvalue weighted by molar-refractivity contribution is 6.66. The van der Waals surface area contributed by atoms with Crippen molar-refractivity contribution in [1.29, 1.82) is 0 Å². The Hall–Kier alpha value is 0.780. The minimum absolute atomic E-state index is 0.0812. The smallest absolute Gasteiger partial charge is 0.170 e. The van der Waals surface area contributed by atoms with Crippen LogP contribution in [0.15, 0.2) is 10.1 Å². The molecule has 0 aromatic rings. The number of ketones is 2. The lowest BCUT2D eigenvalue weighted by Crippen LogP contribution is -2.51. The van der Waals surface area contributed by atoms with Gasteiger partial charge in [0.05, 0.1) is 21.9 Å². The number of rotatable bonds is 0. The highest BCUT2D eigenvalue weighted by Crippen LogP contribution is 2.77. The average molecular weight is 397 g/mol. The van der Waals surface area contributed by atoms with Gasteiger partial charge in [-0.1, -0.05) is 46.4 Å². The number of allylic oxidation sites excluding steroid dienone is 2. The predicted molar refractivity (Wildman–Crippen MR) is 76.0 cm³/mol. The van der Waals surface area contributed by atoms with E-state index in [0.717, 1.165) is 0 Å². The van der Waals surface area contributed by atoms with Crippen molar-refractivity contribution in [3.8, 4) is 0 Å². The summed E-state index contributed by atoms with van der Waals surface area (Å²) in [7, 11) is 0. The van der Waals surface area contributed by atoms with Crippen LogP contribution in [0, 0.1) is 11.8 Å². The summed E-state index contributed by atoms with van der Waals surface area (Å²) in [6.45, 7) is 0. The summed E-state index contributed by atoms with van der Waals surface area (Å²) in [6.07, 6.45) is -1.60. The maximum absolute atomic E-state index is 12.4. The molecule has 0 amide bonds. The van der Waals surface area contributed by atoms with Crippen molar-refractivity contribution < 1.29 is 14.3 Å². The van der Waals surface area contributed by atoms with Crippen molar-refractivity contribution in [2.75, 3.05) is 0 Å². The van der Waals surface area contributed by atoms with Gasteiger partial charge in [-0.15, -0.1) is 23.2 Å². The summed E-state index contributed by atoms with van der Waals surface area (Å²) < 4.78 is 3.22. The fourth-order valence-corrected chi connectivity index (χ4v) is 6.56. The molecule has 0 radical (unpaired) electrons. The van der Waals surface area contributed by atoms with Gasteiger partial charge in [0.15, 0.2) is 28.1 Å². The molecule has 4 aliphatic rings. The second kappa shape index (κ2) is 3.64. The Kier molecular flexibility index (Phi) is 2.62. The van der Waals surface area contributed by atoms with Crippen LogP contribution >= 0.6 is 69.6 Å². The first-order valence-corrected chi connectivity index (χ1v) is 7.93. The lowest BCUT2D eigenvalue weighted by molar-refractivity contribution is -0.135. The Morgan fingerprint density at radius 1 is 0.800 bits per heavy atom. The third kappa shape index (κ3) is 1.12. The lowest BCUT2D eigenvalue weighted by Gasteiger charge is -2.36. The summed E-state index contributed by atoms with van der Waals surface area (Å²) >= 11 is 37.9. The molecule has 9 heteroatoms. The molecule has 4 rings (SSSR count). The second-order valence-electron chi connectivity index (χ2n) is 5.36. The minimum atomic E-state index is -1.87. The Balaban J connectivity index is 2.03. The fraction of sp³-hybridized carbons (Fsp3) is 0.636. The molecule has 1 aliphatic heterocycles. The number of alkyl halides is 4. The van der Waals surface area contributed by atoms with Gasteiger partial charge in [0.25, 0.3) is 0 Å². The van der Waals surface area contributed by atoms with E-state index in [1.807, 2.05) is 0 Å². The van der Waals surface area contributed by atoms with Crippen molar-refractivity contribution in [2.24, 2.45) is 11.8 Å². The highest BCUT2D eigenvalue weighted by Gasteiger charge is 2.88. The molecule has 3 fully saturated rings. The molecule has 108 valence electrons. The van der Waals surface area contributed by atoms with E-state index in [1.54, 1.807) is 0 Å². The van der Waals surface area contributed by atoms with Gasteiger partial charge >= 0.3 is 0 Å². The van der Waals surface area contributed by atoms with E-state index in [1.165, 1.54) is 0 Å². The Morgan fingerprint density at radius 3 is 1.50 bits per heavy atom. The molecule has 20 heavy (non-hydrogen) atoms. The Labute approximate surface area is 143 Å². The molecule has 0 N–H and O–H groups in total. The van der Waals surface area contributed by atoms with Crippen molar-refractivity contribution >= 4 is 81.2 Å². The van der Waals surface area contributed by atoms with E-state index >= 15 is 0 Å².